The van der Waals surface area contributed by atoms with Crippen LogP contribution < -0.4 is 0 Å². The van der Waals surface area contributed by atoms with Gasteiger partial charge in [0.25, 0.3) is 0 Å². The molecule has 0 spiro atoms. The largest absolute Gasteiger partial charge is 0.392 e. The van der Waals surface area contributed by atoms with Crippen molar-refractivity contribution in [2.45, 2.75) is 44.6 Å². The van der Waals surface area contributed by atoms with E-state index in [0.29, 0.717) is 13.2 Å². The number of nitrogens with zero attached hydrogens (tertiary/aromatic N) is 2. The van der Waals surface area contributed by atoms with Gasteiger partial charge in [-0.1, -0.05) is 12.8 Å². The Kier molecular flexibility index (Phi) is 3.58. The topological polar surface area (TPSA) is 60.9 Å². The summed E-state index contributed by atoms with van der Waals surface area (Å²) in [6.07, 6.45) is 5.31. The number of carbonyl (C=O) groups is 2. The minimum Gasteiger partial charge on any atom is -0.392 e. The summed E-state index contributed by atoms with van der Waals surface area (Å²) in [6.45, 7) is 1.82. The standard InChI is InChI=1S/C14H22N2O3/c17-10-4-3-7-15(8-10)9-16-13(18)11-5-1-2-6-12(11)14(16)19/h10-12,17H,1-9H2/t10-,11-,12+/m0/s1. The Balaban J connectivity index is 1.67. The van der Waals surface area contributed by atoms with Crippen LogP contribution in [0.5, 0.6) is 0 Å². The first-order chi connectivity index (χ1) is 9.16. The first kappa shape index (κ1) is 13.1. The molecule has 2 amide bonds. The summed E-state index contributed by atoms with van der Waals surface area (Å²) < 4.78 is 0. The summed E-state index contributed by atoms with van der Waals surface area (Å²) in [6, 6.07) is 0. The van der Waals surface area contributed by atoms with Crippen molar-refractivity contribution in [2.75, 3.05) is 19.8 Å². The molecule has 1 N–H and O–H groups in total. The molecule has 3 atom stereocenters. The van der Waals surface area contributed by atoms with E-state index in [1.54, 1.807) is 0 Å². The normalized spacial score (nSPS) is 36.7. The van der Waals surface area contributed by atoms with Gasteiger partial charge in [-0.15, -0.1) is 0 Å². The molecule has 2 aliphatic heterocycles. The Bertz CT molecular complexity index is 361. The SMILES string of the molecule is O=C1[C@H]2CCCC[C@H]2C(=O)N1CN1CCC[C@H](O)C1. The van der Waals surface area contributed by atoms with E-state index in [9.17, 15) is 14.7 Å². The van der Waals surface area contributed by atoms with Gasteiger partial charge in [-0.2, -0.15) is 0 Å². The Labute approximate surface area is 113 Å². The van der Waals surface area contributed by atoms with Gasteiger partial charge in [0.1, 0.15) is 0 Å². The van der Waals surface area contributed by atoms with Gasteiger partial charge < -0.3 is 5.11 Å². The Morgan fingerprint density at radius 1 is 1.00 bits per heavy atom. The summed E-state index contributed by atoms with van der Waals surface area (Å²) in [5.74, 6) is -0.0727. The van der Waals surface area contributed by atoms with Crippen LogP contribution >= 0.6 is 0 Å². The zero-order valence-electron chi connectivity index (χ0n) is 11.3. The molecule has 0 bridgehead atoms. The number of hydrogen-bond acceptors (Lipinski definition) is 4. The van der Waals surface area contributed by atoms with Crippen molar-refractivity contribution in [1.82, 2.24) is 9.80 Å². The van der Waals surface area contributed by atoms with Gasteiger partial charge in [-0.3, -0.25) is 19.4 Å². The highest BCUT2D eigenvalue weighted by Crippen LogP contribution is 2.38. The highest BCUT2D eigenvalue weighted by atomic mass is 16.3. The molecule has 2 heterocycles. The van der Waals surface area contributed by atoms with Gasteiger partial charge in [-0.05, 0) is 25.7 Å². The monoisotopic (exact) mass is 266 g/mol. The number of piperidine rings is 1. The van der Waals surface area contributed by atoms with Crippen LogP contribution in [0.15, 0.2) is 0 Å². The second kappa shape index (κ2) is 5.21. The Hall–Kier alpha value is -0.940. The molecule has 0 unspecified atom stereocenters. The lowest BCUT2D eigenvalue weighted by Crippen LogP contribution is -2.47. The third-order valence-electron chi connectivity index (χ3n) is 4.75. The van der Waals surface area contributed by atoms with Gasteiger partial charge in [0, 0.05) is 13.1 Å². The van der Waals surface area contributed by atoms with Crippen molar-refractivity contribution in [3.8, 4) is 0 Å². The maximum absolute atomic E-state index is 12.3. The third-order valence-corrected chi connectivity index (χ3v) is 4.75. The van der Waals surface area contributed by atoms with Crippen LogP contribution in [0.2, 0.25) is 0 Å². The van der Waals surface area contributed by atoms with E-state index >= 15 is 0 Å². The minimum absolute atomic E-state index is 0.0229. The summed E-state index contributed by atoms with van der Waals surface area (Å²) in [7, 11) is 0. The molecule has 1 saturated carbocycles. The molecule has 5 nitrogen and oxygen atoms in total. The van der Waals surface area contributed by atoms with E-state index in [1.807, 2.05) is 4.90 Å². The van der Waals surface area contributed by atoms with Gasteiger partial charge in [0.15, 0.2) is 0 Å². The number of fused-ring (bicyclic) bond motifs is 1. The van der Waals surface area contributed by atoms with Crippen LogP contribution in [0.3, 0.4) is 0 Å². The second-order valence-electron chi connectivity index (χ2n) is 6.12. The van der Waals surface area contributed by atoms with Gasteiger partial charge in [0.2, 0.25) is 11.8 Å². The predicted molar refractivity (Wildman–Crippen MR) is 69.0 cm³/mol. The maximum Gasteiger partial charge on any atom is 0.234 e. The van der Waals surface area contributed by atoms with Crippen LogP contribution in [-0.2, 0) is 9.59 Å². The molecule has 0 radical (unpaired) electrons. The first-order valence-corrected chi connectivity index (χ1v) is 7.42. The molecule has 19 heavy (non-hydrogen) atoms. The molecule has 3 rings (SSSR count). The van der Waals surface area contributed by atoms with Gasteiger partial charge in [0.05, 0.1) is 24.6 Å². The number of likely N-dealkylation sites (tertiary alicyclic amines) is 2. The molecular formula is C14H22N2O3. The quantitative estimate of drug-likeness (QED) is 0.743. The van der Waals surface area contributed by atoms with Crippen LogP contribution in [0.25, 0.3) is 0 Å². The van der Waals surface area contributed by atoms with E-state index in [4.69, 9.17) is 0 Å². The van der Waals surface area contributed by atoms with Crippen LogP contribution in [0, 0.1) is 11.8 Å². The lowest BCUT2D eigenvalue weighted by molar-refractivity contribution is -0.143. The van der Waals surface area contributed by atoms with Crippen molar-refractivity contribution < 1.29 is 14.7 Å². The molecule has 3 aliphatic rings. The Morgan fingerprint density at radius 2 is 1.63 bits per heavy atom. The van der Waals surface area contributed by atoms with E-state index < -0.39 is 0 Å². The van der Waals surface area contributed by atoms with Crippen molar-refractivity contribution in [2.24, 2.45) is 11.8 Å². The molecule has 2 saturated heterocycles. The average molecular weight is 266 g/mol. The molecule has 0 aromatic heterocycles. The average Bonchev–Trinajstić information content (AvgIpc) is 2.65. The van der Waals surface area contributed by atoms with Crippen LogP contribution in [0.4, 0.5) is 0 Å². The fourth-order valence-electron chi connectivity index (χ4n) is 3.73. The summed E-state index contributed by atoms with van der Waals surface area (Å²) in [4.78, 5) is 28.1. The summed E-state index contributed by atoms with van der Waals surface area (Å²) in [5, 5.41) is 9.66. The van der Waals surface area contributed by atoms with Crippen molar-refractivity contribution >= 4 is 11.8 Å². The number of amides is 2. The number of imide groups is 1. The number of hydrogen-bond donors (Lipinski definition) is 1. The zero-order valence-corrected chi connectivity index (χ0v) is 11.3. The van der Waals surface area contributed by atoms with E-state index in [0.717, 1.165) is 45.1 Å². The second-order valence-corrected chi connectivity index (χ2v) is 6.12. The first-order valence-electron chi connectivity index (χ1n) is 7.42. The molecule has 0 aromatic carbocycles. The fourth-order valence-corrected chi connectivity index (χ4v) is 3.73. The number of β-amino-alcohol motifs (C(OH)–C–C–N with tert-alkyl or cyclic N) is 1. The fraction of sp³-hybridized carbons (Fsp3) is 0.857. The maximum atomic E-state index is 12.3. The zero-order chi connectivity index (χ0) is 13.4. The molecule has 1 aliphatic carbocycles. The van der Waals surface area contributed by atoms with E-state index in [2.05, 4.69) is 0 Å². The highest BCUT2D eigenvalue weighted by Gasteiger charge is 2.48. The van der Waals surface area contributed by atoms with Crippen LogP contribution in [-0.4, -0.2) is 52.6 Å². The predicted octanol–water partition coefficient (Wildman–Crippen LogP) is 0.576. The molecular weight excluding hydrogens is 244 g/mol. The molecule has 106 valence electrons. The molecule has 5 heteroatoms. The van der Waals surface area contributed by atoms with Gasteiger partial charge in [-0.25, -0.2) is 0 Å². The van der Waals surface area contributed by atoms with Crippen LogP contribution in [0.1, 0.15) is 38.5 Å². The highest BCUT2D eigenvalue weighted by molar-refractivity contribution is 6.05. The smallest absolute Gasteiger partial charge is 0.234 e. The van der Waals surface area contributed by atoms with Crippen molar-refractivity contribution in [1.29, 1.82) is 0 Å². The Morgan fingerprint density at radius 3 is 2.21 bits per heavy atom. The minimum atomic E-state index is -0.316. The number of aliphatic hydroxyl groups excluding tert-OH is 1. The number of rotatable bonds is 2. The van der Waals surface area contributed by atoms with Crippen molar-refractivity contribution in [3.05, 3.63) is 0 Å². The number of aliphatic hydroxyl groups is 1. The van der Waals surface area contributed by atoms with Gasteiger partial charge >= 0.3 is 0 Å². The molecule has 0 aromatic rings. The number of carbonyl (C=O) groups excluding carboxylic acids is 2. The lowest BCUT2D eigenvalue weighted by Gasteiger charge is -2.32. The lowest BCUT2D eigenvalue weighted by atomic mass is 9.81. The van der Waals surface area contributed by atoms with E-state index in [1.165, 1.54) is 4.90 Å². The molecule has 3 fully saturated rings. The third kappa shape index (κ3) is 2.41. The summed E-state index contributed by atoms with van der Waals surface area (Å²) in [5.41, 5.74) is 0. The summed E-state index contributed by atoms with van der Waals surface area (Å²) >= 11 is 0. The van der Waals surface area contributed by atoms with E-state index in [-0.39, 0.29) is 29.8 Å². The van der Waals surface area contributed by atoms with Crippen molar-refractivity contribution in [3.63, 3.8) is 0 Å².